The van der Waals surface area contributed by atoms with Crippen LogP contribution in [0.2, 0.25) is 0 Å². The zero-order valence-electron chi connectivity index (χ0n) is 11.5. The Labute approximate surface area is 110 Å². The molecular formula is C14H26N2O2. The van der Waals surface area contributed by atoms with Crippen LogP contribution in [0.1, 0.15) is 39.5 Å². The summed E-state index contributed by atoms with van der Waals surface area (Å²) in [4.78, 5) is 11.7. The van der Waals surface area contributed by atoms with Crippen molar-refractivity contribution in [2.45, 2.75) is 45.6 Å². The highest BCUT2D eigenvalue weighted by Crippen LogP contribution is 2.16. The van der Waals surface area contributed by atoms with E-state index in [0.29, 0.717) is 11.8 Å². The maximum absolute atomic E-state index is 11.7. The first-order chi connectivity index (χ1) is 8.61. The lowest BCUT2D eigenvalue weighted by atomic mass is 9.94. The van der Waals surface area contributed by atoms with Gasteiger partial charge in [0.1, 0.15) is 0 Å². The Morgan fingerprint density at radius 1 is 1.44 bits per heavy atom. The first-order valence-corrected chi connectivity index (χ1v) is 6.92. The highest BCUT2D eigenvalue weighted by Gasteiger charge is 2.14. The minimum absolute atomic E-state index is 0.00222. The Balaban J connectivity index is 2.21. The molecule has 4 heteroatoms. The van der Waals surface area contributed by atoms with Gasteiger partial charge in [-0.25, -0.2) is 4.79 Å². The molecule has 0 aromatic rings. The van der Waals surface area contributed by atoms with E-state index in [-0.39, 0.29) is 18.7 Å². The monoisotopic (exact) mass is 254 g/mol. The van der Waals surface area contributed by atoms with Gasteiger partial charge in [-0.05, 0) is 37.5 Å². The van der Waals surface area contributed by atoms with Gasteiger partial charge in [0.2, 0.25) is 0 Å². The molecule has 0 heterocycles. The van der Waals surface area contributed by atoms with Crippen LogP contribution in [0, 0.1) is 11.8 Å². The number of carbonyl (C=O) groups is 1. The van der Waals surface area contributed by atoms with Crippen LogP contribution in [-0.2, 0) is 0 Å². The molecule has 2 amide bonds. The molecule has 0 aromatic heterocycles. The second kappa shape index (κ2) is 8.14. The first-order valence-electron chi connectivity index (χ1n) is 6.92. The Kier molecular flexibility index (Phi) is 6.80. The topological polar surface area (TPSA) is 61.4 Å². The van der Waals surface area contributed by atoms with Gasteiger partial charge in [0.15, 0.2) is 0 Å². The van der Waals surface area contributed by atoms with E-state index in [2.05, 4.69) is 36.6 Å². The Morgan fingerprint density at radius 2 is 2.22 bits per heavy atom. The summed E-state index contributed by atoms with van der Waals surface area (Å²) in [6, 6.07) is -0.305. The van der Waals surface area contributed by atoms with E-state index >= 15 is 0 Å². The van der Waals surface area contributed by atoms with Gasteiger partial charge in [-0.3, -0.25) is 0 Å². The van der Waals surface area contributed by atoms with Crippen LogP contribution < -0.4 is 10.6 Å². The van der Waals surface area contributed by atoms with Crippen molar-refractivity contribution < 1.29 is 9.90 Å². The summed E-state index contributed by atoms with van der Waals surface area (Å²) in [5.41, 5.74) is 0. The highest BCUT2D eigenvalue weighted by molar-refractivity contribution is 5.74. The van der Waals surface area contributed by atoms with Gasteiger partial charge in [0, 0.05) is 6.54 Å². The number of nitrogens with one attached hydrogen (secondary N) is 2. The van der Waals surface area contributed by atoms with E-state index < -0.39 is 0 Å². The van der Waals surface area contributed by atoms with Crippen molar-refractivity contribution in [2.24, 2.45) is 11.8 Å². The van der Waals surface area contributed by atoms with Gasteiger partial charge in [-0.2, -0.15) is 0 Å². The fourth-order valence-corrected chi connectivity index (χ4v) is 2.26. The van der Waals surface area contributed by atoms with E-state index in [4.69, 9.17) is 0 Å². The molecule has 2 atom stereocenters. The third-order valence-electron chi connectivity index (χ3n) is 3.24. The maximum Gasteiger partial charge on any atom is 0.315 e. The van der Waals surface area contributed by atoms with E-state index in [1.54, 1.807) is 0 Å². The fourth-order valence-electron chi connectivity index (χ4n) is 2.26. The quantitative estimate of drug-likeness (QED) is 0.635. The summed E-state index contributed by atoms with van der Waals surface area (Å²) in [5.74, 6) is 1.02. The molecular weight excluding hydrogens is 228 g/mol. The van der Waals surface area contributed by atoms with Crippen molar-refractivity contribution in [2.75, 3.05) is 13.2 Å². The molecule has 0 spiro atoms. The molecule has 0 bridgehead atoms. The fraction of sp³-hybridized carbons (Fsp3) is 0.786. The van der Waals surface area contributed by atoms with Crippen LogP contribution in [0.3, 0.4) is 0 Å². The molecule has 4 nitrogen and oxygen atoms in total. The second-order valence-corrected chi connectivity index (χ2v) is 5.51. The van der Waals surface area contributed by atoms with Crippen LogP contribution in [0.4, 0.5) is 4.79 Å². The molecule has 0 unspecified atom stereocenters. The minimum Gasteiger partial charge on any atom is -0.394 e. The molecule has 0 fully saturated rings. The van der Waals surface area contributed by atoms with Crippen molar-refractivity contribution in [1.82, 2.24) is 10.6 Å². The number of carbonyl (C=O) groups excluding carboxylic acids is 1. The molecule has 0 aliphatic heterocycles. The number of allylic oxidation sites excluding steroid dienone is 2. The average molecular weight is 254 g/mol. The number of hydrogen-bond donors (Lipinski definition) is 3. The van der Waals surface area contributed by atoms with Crippen molar-refractivity contribution in [3.8, 4) is 0 Å². The van der Waals surface area contributed by atoms with Crippen molar-refractivity contribution in [3.05, 3.63) is 12.2 Å². The summed E-state index contributed by atoms with van der Waals surface area (Å²) in [6.45, 7) is 4.88. The average Bonchev–Trinajstić information content (AvgIpc) is 2.36. The Morgan fingerprint density at radius 3 is 2.78 bits per heavy atom. The molecule has 0 saturated heterocycles. The van der Waals surface area contributed by atoms with Crippen LogP contribution in [0.5, 0.6) is 0 Å². The SMILES string of the molecule is CC(C)C[C@H](CO)NC(=O)NC[C@H]1CC=CCC1. The van der Waals surface area contributed by atoms with Crippen LogP contribution >= 0.6 is 0 Å². The first kappa shape index (κ1) is 15.0. The number of hydrogen-bond acceptors (Lipinski definition) is 2. The normalized spacial score (nSPS) is 20.8. The van der Waals surface area contributed by atoms with Crippen molar-refractivity contribution in [1.29, 1.82) is 0 Å². The number of aliphatic hydroxyl groups excluding tert-OH is 1. The van der Waals surface area contributed by atoms with E-state index in [1.165, 1.54) is 0 Å². The van der Waals surface area contributed by atoms with Crippen LogP contribution in [0.15, 0.2) is 12.2 Å². The Bertz CT molecular complexity index is 277. The lowest BCUT2D eigenvalue weighted by Gasteiger charge is -2.21. The van der Waals surface area contributed by atoms with Gasteiger partial charge >= 0.3 is 6.03 Å². The van der Waals surface area contributed by atoms with E-state index in [0.717, 1.165) is 32.2 Å². The summed E-state index contributed by atoms with van der Waals surface area (Å²) >= 11 is 0. The highest BCUT2D eigenvalue weighted by atomic mass is 16.3. The summed E-state index contributed by atoms with van der Waals surface area (Å²) < 4.78 is 0. The second-order valence-electron chi connectivity index (χ2n) is 5.51. The zero-order chi connectivity index (χ0) is 13.4. The molecule has 1 aliphatic carbocycles. The van der Waals surface area contributed by atoms with Gasteiger partial charge in [0.25, 0.3) is 0 Å². The molecule has 0 saturated carbocycles. The number of rotatable bonds is 6. The molecule has 104 valence electrons. The minimum atomic E-state index is -0.163. The Hall–Kier alpha value is -1.03. The standard InChI is InChI=1S/C14H26N2O2/c1-11(2)8-13(10-17)16-14(18)15-9-12-6-4-3-5-7-12/h3-4,11-13,17H,5-10H2,1-2H3,(H2,15,16,18)/t12-,13+/m0/s1. The van der Waals surface area contributed by atoms with Crippen molar-refractivity contribution in [3.63, 3.8) is 0 Å². The zero-order valence-corrected chi connectivity index (χ0v) is 11.5. The van der Waals surface area contributed by atoms with Gasteiger partial charge in [-0.1, -0.05) is 26.0 Å². The lowest BCUT2D eigenvalue weighted by Crippen LogP contribution is -2.45. The van der Waals surface area contributed by atoms with E-state index in [1.807, 2.05) is 0 Å². The van der Waals surface area contributed by atoms with E-state index in [9.17, 15) is 9.90 Å². The third-order valence-corrected chi connectivity index (χ3v) is 3.24. The van der Waals surface area contributed by atoms with Gasteiger partial charge < -0.3 is 15.7 Å². The molecule has 0 aromatic carbocycles. The molecule has 0 radical (unpaired) electrons. The molecule has 18 heavy (non-hydrogen) atoms. The predicted molar refractivity (Wildman–Crippen MR) is 73.3 cm³/mol. The van der Waals surface area contributed by atoms with Crippen molar-refractivity contribution >= 4 is 6.03 Å². The predicted octanol–water partition coefficient (Wildman–Crippen LogP) is 2.05. The molecule has 1 aliphatic rings. The number of urea groups is 1. The largest absolute Gasteiger partial charge is 0.394 e. The summed E-state index contributed by atoms with van der Waals surface area (Å²) in [6.07, 6.45) is 8.49. The molecule has 1 rings (SSSR count). The number of aliphatic hydroxyl groups is 1. The van der Waals surface area contributed by atoms with Crippen LogP contribution in [-0.4, -0.2) is 30.3 Å². The smallest absolute Gasteiger partial charge is 0.315 e. The maximum atomic E-state index is 11.7. The summed E-state index contributed by atoms with van der Waals surface area (Å²) in [7, 11) is 0. The van der Waals surface area contributed by atoms with Gasteiger partial charge in [-0.15, -0.1) is 0 Å². The van der Waals surface area contributed by atoms with Crippen LogP contribution in [0.25, 0.3) is 0 Å². The third kappa shape index (κ3) is 6.05. The lowest BCUT2D eigenvalue weighted by molar-refractivity contribution is 0.205. The summed E-state index contributed by atoms with van der Waals surface area (Å²) in [5, 5.41) is 14.9. The number of amides is 2. The molecule has 3 N–H and O–H groups in total. The van der Waals surface area contributed by atoms with Gasteiger partial charge in [0.05, 0.1) is 12.6 Å².